The Kier molecular flexibility index (Phi) is 4.70. The molecule has 0 saturated carbocycles. The lowest BCUT2D eigenvalue weighted by atomic mass is 9.99. The summed E-state index contributed by atoms with van der Waals surface area (Å²) in [6.07, 6.45) is 4.37. The van der Waals surface area contributed by atoms with Gasteiger partial charge < -0.3 is 14.6 Å². The van der Waals surface area contributed by atoms with Crippen LogP contribution < -0.4 is 0 Å². The van der Waals surface area contributed by atoms with Crippen LogP contribution in [0.25, 0.3) is 0 Å². The first kappa shape index (κ1) is 14.9. The van der Waals surface area contributed by atoms with E-state index in [9.17, 15) is 9.59 Å². The number of aliphatic carboxylic acids is 1. The van der Waals surface area contributed by atoms with Crippen LogP contribution in [-0.4, -0.2) is 39.0 Å². The van der Waals surface area contributed by atoms with Gasteiger partial charge in [-0.3, -0.25) is 9.59 Å². The summed E-state index contributed by atoms with van der Waals surface area (Å²) in [6, 6.07) is 1.44. The number of aromatic nitrogens is 1. The molecular weight excluding hydrogens is 280 g/mol. The van der Waals surface area contributed by atoms with Crippen molar-refractivity contribution in [2.45, 2.75) is 45.2 Å². The number of aryl methyl sites for hydroxylation is 1. The van der Waals surface area contributed by atoms with Gasteiger partial charge in [-0.05, 0) is 32.3 Å². The van der Waals surface area contributed by atoms with Crippen LogP contribution in [-0.2, 0) is 11.3 Å². The normalized spacial score (nSPS) is 19.1. The molecule has 1 unspecified atom stereocenters. The summed E-state index contributed by atoms with van der Waals surface area (Å²) >= 11 is 5.96. The smallest absolute Gasteiger partial charge is 0.305 e. The molecule has 1 N–H and O–H groups in total. The Morgan fingerprint density at radius 1 is 1.45 bits per heavy atom. The highest BCUT2D eigenvalue weighted by molar-refractivity contribution is 6.31. The second-order valence-electron chi connectivity index (χ2n) is 5.08. The monoisotopic (exact) mass is 298 g/mol. The predicted molar refractivity (Wildman–Crippen MR) is 76.0 cm³/mol. The Labute approximate surface area is 123 Å². The highest BCUT2D eigenvalue weighted by atomic mass is 35.5. The highest BCUT2D eigenvalue weighted by Crippen LogP contribution is 2.24. The van der Waals surface area contributed by atoms with Crippen molar-refractivity contribution in [3.8, 4) is 0 Å². The highest BCUT2D eigenvalue weighted by Gasteiger charge is 2.30. The third-order valence-corrected chi connectivity index (χ3v) is 3.93. The summed E-state index contributed by atoms with van der Waals surface area (Å²) in [6.45, 7) is 3.21. The fraction of sp³-hybridized carbons (Fsp3) is 0.571. The van der Waals surface area contributed by atoms with Gasteiger partial charge in [0.25, 0.3) is 5.91 Å². The maximum atomic E-state index is 12.6. The molecule has 0 aliphatic carbocycles. The van der Waals surface area contributed by atoms with Crippen LogP contribution in [0.2, 0.25) is 5.02 Å². The van der Waals surface area contributed by atoms with E-state index in [1.807, 2.05) is 6.92 Å². The molecule has 5 nitrogen and oxygen atoms in total. The van der Waals surface area contributed by atoms with E-state index in [-0.39, 0.29) is 18.4 Å². The second-order valence-corrected chi connectivity index (χ2v) is 5.51. The average molecular weight is 299 g/mol. The Morgan fingerprint density at radius 3 is 2.85 bits per heavy atom. The lowest BCUT2D eigenvalue weighted by Gasteiger charge is -2.35. The fourth-order valence-electron chi connectivity index (χ4n) is 2.74. The first-order chi connectivity index (χ1) is 9.52. The number of amides is 1. The number of carbonyl (C=O) groups is 2. The molecule has 0 spiro atoms. The molecule has 0 aromatic carbocycles. The van der Waals surface area contributed by atoms with E-state index < -0.39 is 5.97 Å². The Hall–Kier alpha value is -1.49. The SMILES string of the molecule is CCn1cc(Cl)cc1C(=O)N1CCCCC1CC(=O)O. The summed E-state index contributed by atoms with van der Waals surface area (Å²) in [7, 11) is 0. The molecule has 1 atom stereocenters. The number of hydrogen-bond acceptors (Lipinski definition) is 2. The van der Waals surface area contributed by atoms with Crippen molar-refractivity contribution < 1.29 is 14.7 Å². The predicted octanol–water partition coefficient (Wildman–Crippen LogP) is 2.63. The van der Waals surface area contributed by atoms with Crippen molar-refractivity contribution in [2.24, 2.45) is 0 Å². The van der Waals surface area contributed by atoms with Crippen molar-refractivity contribution in [3.63, 3.8) is 0 Å². The van der Waals surface area contributed by atoms with Crippen molar-refractivity contribution in [2.75, 3.05) is 6.54 Å². The largest absolute Gasteiger partial charge is 0.481 e. The van der Waals surface area contributed by atoms with E-state index in [4.69, 9.17) is 16.7 Å². The Bertz CT molecular complexity index is 513. The molecule has 6 heteroatoms. The number of carboxylic acid groups (broad SMARTS) is 1. The van der Waals surface area contributed by atoms with Crippen LogP contribution in [0.1, 0.15) is 43.1 Å². The third-order valence-electron chi connectivity index (χ3n) is 3.72. The summed E-state index contributed by atoms with van der Waals surface area (Å²) in [5, 5.41) is 9.51. The molecule has 2 heterocycles. The first-order valence-electron chi connectivity index (χ1n) is 6.91. The molecule has 0 bridgehead atoms. The van der Waals surface area contributed by atoms with E-state index in [2.05, 4.69) is 0 Å². The summed E-state index contributed by atoms with van der Waals surface area (Å²) in [5.41, 5.74) is 0.537. The number of nitrogens with zero attached hydrogens (tertiary/aromatic N) is 2. The van der Waals surface area contributed by atoms with Gasteiger partial charge in [-0.2, -0.15) is 0 Å². The van der Waals surface area contributed by atoms with Crippen molar-refractivity contribution >= 4 is 23.5 Å². The molecule has 2 rings (SSSR count). The lowest BCUT2D eigenvalue weighted by Crippen LogP contribution is -2.45. The molecule has 1 aliphatic heterocycles. The lowest BCUT2D eigenvalue weighted by molar-refractivity contribution is -0.138. The zero-order chi connectivity index (χ0) is 14.7. The van der Waals surface area contributed by atoms with Crippen LogP contribution in [0.3, 0.4) is 0 Å². The van der Waals surface area contributed by atoms with Crippen LogP contribution in [0, 0.1) is 0 Å². The fourth-order valence-corrected chi connectivity index (χ4v) is 2.97. The number of carboxylic acids is 1. The van der Waals surface area contributed by atoms with Gasteiger partial charge >= 0.3 is 5.97 Å². The van der Waals surface area contributed by atoms with Gasteiger partial charge in [0.1, 0.15) is 5.69 Å². The van der Waals surface area contributed by atoms with Crippen LogP contribution in [0.15, 0.2) is 12.3 Å². The number of halogens is 1. The number of piperidine rings is 1. The number of carbonyl (C=O) groups excluding carboxylic acids is 1. The van der Waals surface area contributed by atoms with Crippen LogP contribution in [0.5, 0.6) is 0 Å². The third kappa shape index (κ3) is 3.15. The summed E-state index contributed by atoms with van der Waals surface area (Å²) in [4.78, 5) is 25.3. The van der Waals surface area contributed by atoms with Crippen LogP contribution in [0.4, 0.5) is 0 Å². The number of rotatable bonds is 4. The van der Waals surface area contributed by atoms with Crippen molar-refractivity contribution in [3.05, 3.63) is 23.0 Å². The second kappa shape index (κ2) is 6.31. The quantitative estimate of drug-likeness (QED) is 0.929. The van der Waals surface area contributed by atoms with Crippen molar-refractivity contribution in [1.29, 1.82) is 0 Å². The zero-order valence-corrected chi connectivity index (χ0v) is 12.3. The maximum absolute atomic E-state index is 12.6. The molecule has 110 valence electrons. The van der Waals surface area contributed by atoms with Gasteiger partial charge in [-0.25, -0.2) is 0 Å². The molecule has 1 amide bonds. The van der Waals surface area contributed by atoms with E-state index in [0.717, 1.165) is 19.3 Å². The molecule has 0 radical (unpaired) electrons. The maximum Gasteiger partial charge on any atom is 0.305 e. The van der Waals surface area contributed by atoms with Gasteiger partial charge in [0, 0.05) is 25.3 Å². The van der Waals surface area contributed by atoms with Gasteiger partial charge in [0.2, 0.25) is 0 Å². The zero-order valence-electron chi connectivity index (χ0n) is 11.5. The van der Waals surface area contributed by atoms with Crippen LogP contribution >= 0.6 is 11.6 Å². The minimum atomic E-state index is -0.862. The van der Waals surface area contributed by atoms with Gasteiger partial charge in [0.05, 0.1) is 11.4 Å². The number of hydrogen-bond donors (Lipinski definition) is 1. The van der Waals surface area contributed by atoms with Crippen molar-refractivity contribution in [1.82, 2.24) is 9.47 Å². The molecule has 1 aliphatic rings. The summed E-state index contributed by atoms with van der Waals surface area (Å²) < 4.78 is 1.80. The van der Waals surface area contributed by atoms with Gasteiger partial charge in [0.15, 0.2) is 0 Å². The van der Waals surface area contributed by atoms with Gasteiger partial charge in [-0.15, -0.1) is 0 Å². The first-order valence-corrected chi connectivity index (χ1v) is 7.29. The summed E-state index contributed by atoms with van der Waals surface area (Å²) in [5.74, 6) is -0.983. The van der Waals surface area contributed by atoms with E-state index in [0.29, 0.717) is 23.8 Å². The average Bonchev–Trinajstić information content (AvgIpc) is 2.79. The Morgan fingerprint density at radius 2 is 2.20 bits per heavy atom. The van der Waals surface area contributed by atoms with E-state index >= 15 is 0 Å². The molecule has 1 fully saturated rings. The molecule has 20 heavy (non-hydrogen) atoms. The standard InChI is InChI=1S/C14H19ClN2O3/c1-2-16-9-10(15)7-12(16)14(20)17-6-4-3-5-11(17)8-13(18)19/h7,9,11H,2-6,8H2,1H3,(H,18,19). The molecule has 1 aromatic heterocycles. The van der Waals surface area contributed by atoms with E-state index in [1.54, 1.807) is 21.7 Å². The van der Waals surface area contributed by atoms with Gasteiger partial charge in [-0.1, -0.05) is 11.6 Å². The topological polar surface area (TPSA) is 62.5 Å². The molecular formula is C14H19ClN2O3. The Balaban J connectivity index is 2.22. The molecule has 1 saturated heterocycles. The molecule has 1 aromatic rings. The van der Waals surface area contributed by atoms with E-state index in [1.165, 1.54) is 0 Å². The minimum Gasteiger partial charge on any atom is -0.481 e. The number of likely N-dealkylation sites (tertiary alicyclic amines) is 1. The minimum absolute atomic E-state index is 0.00626.